The summed E-state index contributed by atoms with van der Waals surface area (Å²) in [6, 6.07) is 8.81. The minimum Gasteiger partial charge on any atom is -0.463 e. The monoisotopic (exact) mass is 303 g/mol. The summed E-state index contributed by atoms with van der Waals surface area (Å²) in [5, 5.41) is 3.51. The Morgan fingerprint density at radius 2 is 2.14 bits per heavy atom. The number of carbonyl (C=O) groups excluding carboxylic acids is 1. The van der Waals surface area contributed by atoms with Crippen LogP contribution < -0.4 is 5.32 Å². The number of piperidine rings is 1. The van der Waals surface area contributed by atoms with Crippen LogP contribution in [0.15, 0.2) is 30.8 Å². The van der Waals surface area contributed by atoms with Gasteiger partial charge in [0.25, 0.3) is 0 Å². The van der Waals surface area contributed by atoms with Crippen molar-refractivity contribution < 1.29 is 13.9 Å². The average molecular weight is 303 g/mol. The van der Waals surface area contributed by atoms with Gasteiger partial charge in [-0.2, -0.15) is 0 Å². The highest BCUT2D eigenvalue weighted by atomic mass is 19.1. The SMILES string of the molecule is C=Cc1ccc([C@H]2C[C@@H]3CC[C@@H](N3)[C@H]2C(=O)OCCF)cc1. The Labute approximate surface area is 130 Å². The molecule has 2 heterocycles. The first kappa shape index (κ1) is 15.2. The standard InChI is InChI=1S/C18H22FNO2/c1-2-12-3-5-13(6-4-12)15-11-14-7-8-16(20-14)17(15)18(21)22-10-9-19/h2-6,14-17,20H,1,7-11H2/t14-,15+,16+,17-/m0/s1. The maximum atomic E-state index is 12.4. The smallest absolute Gasteiger partial charge is 0.311 e. The van der Waals surface area contributed by atoms with Crippen LogP contribution >= 0.6 is 0 Å². The third-order valence-corrected chi connectivity index (χ3v) is 4.88. The lowest BCUT2D eigenvalue weighted by atomic mass is 9.77. The number of hydrogen-bond acceptors (Lipinski definition) is 3. The third-order valence-electron chi connectivity index (χ3n) is 4.88. The van der Waals surface area contributed by atoms with Gasteiger partial charge in [0.15, 0.2) is 0 Å². The normalized spacial score (nSPS) is 30.0. The first-order valence-corrected chi connectivity index (χ1v) is 7.94. The number of nitrogens with one attached hydrogen (secondary N) is 1. The molecule has 0 unspecified atom stereocenters. The molecule has 1 N–H and O–H groups in total. The lowest BCUT2D eigenvalue weighted by molar-refractivity contribution is -0.151. The third kappa shape index (κ3) is 2.93. The van der Waals surface area contributed by atoms with Gasteiger partial charge >= 0.3 is 5.97 Å². The second kappa shape index (κ2) is 6.61. The quantitative estimate of drug-likeness (QED) is 0.850. The van der Waals surface area contributed by atoms with Crippen molar-refractivity contribution in [2.24, 2.45) is 5.92 Å². The van der Waals surface area contributed by atoms with Crippen molar-refractivity contribution >= 4 is 12.0 Å². The Balaban J connectivity index is 1.84. The van der Waals surface area contributed by atoms with Gasteiger partial charge in [-0.1, -0.05) is 36.9 Å². The highest BCUT2D eigenvalue weighted by molar-refractivity contribution is 5.75. The molecule has 22 heavy (non-hydrogen) atoms. The zero-order valence-corrected chi connectivity index (χ0v) is 12.6. The molecule has 2 bridgehead atoms. The molecule has 0 saturated carbocycles. The maximum absolute atomic E-state index is 12.4. The zero-order valence-electron chi connectivity index (χ0n) is 12.6. The summed E-state index contributed by atoms with van der Waals surface area (Å²) in [5.41, 5.74) is 2.23. The minimum atomic E-state index is -0.627. The summed E-state index contributed by atoms with van der Waals surface area (Å²) in [4.78, 5) is 12.4. The number of alkyl halides is 1. The van der Waals surface area contributed by atoms with Crippen molar-refractivity contribution in [2.45, 2.75) is 37.3 Å². The van der Waals surface area contributed by atoms with E-state index in [1.807, 2.05) is 18.2 Å². The highest BCUT2D eigenvalue weighted by Gasteiger charge is 2.46. The predicted octanol–water partition coefficient (Wildman–Crippen LogP) is 3.07. The molecule has 0 spiro atoms. The molecule has 1 aromatic carbocycles. The van der Waals surface area contributed by atoms with Crippen LogP contribution in [-0.4, -0.2) is 31.3 Å². The first-order chi connectivity index (χ1) is 10.7. The van der Waals surface area contributed by atoms with E-state index in [0.29, 0.717) is 6.04 Å². The second-order valence-corrected chi connectivity index (χ2v) is 6.14. The molecular weight excluding hydrogens is 281 g/mol. The minimum absolute atomic E-state index is 0.143. The Hall–Kier alpha value is -1.68. The summed E-state index contributed by atoms with van der Waals surface area (Å²) in [7, 11) is 0. The topological polar surface area (TPSA) is 38.3 Å². The highest BCUT2D eigenvalue weighted by Crippen LogP contribution is 2.42. The van der Waals surface area contributed by atoms with Gasteiger partial charge in [-0.25, -0.2) is 4.39 Å². The van der Waals surface area contributed by atoms with E-state index in [1.165, 1.54) is 0 Å². The van der Waals surface area contributed by atoms with Crippen molar-refractivity contribution in [3.8, 4) is 0 Å². The van der Waals surface area contributed by atoms with Gasteiger partial charge < -0.3 is 10.1 Å². The van der Waals surface area contributed by atoms with Gasteiger partial charge in [0.05, 0.1) is 5.92 Å². The van der Waals surface area contributed by atoms with Gasteiger partial charge in [-0.15, -0.1) is 0 Å². The summed E-state index contributed by atoms with van der Waals surface area (Å²) < 4.78 is 17.4. The van der Waals surface area contributed by atoms with Crippen LogP contribution in [0.1, 0.15) is 36.3 Å². The fourth-order valence-corrected chi connectivity index (χ4v) is 3.84. The molecule has 2 saturated heterocycles. The molecule has 118 valence electrons. The van der Waals surface area contributed by atoms with Crippen molar-refractivity contribution in [3.05, 3.63) is 42.0 Å². The number of benzene rings is 1. The predicted molar refractivity (Wildman–Crippen MR) is 84.3 cm³/mol. The molecule has 0 radical (unpaired) electrons. The molecule has 4 atom stereocenters. The molecule has 3 nitrogen and oxygen atoms in total. The van der Waals surface area contributed by atoms with Crippen LogP contribution in [0.25, 0.3) is 6.08 Å². The lowest BCUT2D eigenvalue weighted by Gasteiger charge is -2.36. The van der Waals surface area contributed by atoms with Crippen LogP contribution in [0, 0.1) is 5.92 Å². The molecule has 3 rings (SSSR count). The van der Waals surface area contributed by atoms with Crippen LogP contribution in [0.2, 0.25) is 0 Å². The molecule has 0 aromatic heterocycles. The molecule has 2 aliphatic rings. The largest absolute Gasteiger partial charge is 0.463 e. The maximum Gasteiger partial charge on any atom is 0.311 e. The summed E-state index contributed by atoms with van der Waals surface area (Å²) in [6.45, 7) is 2.99. The van der Waals surface area contributed by atoms with Crippen molar-refractivity contribution in [2.75, 3.05) is 13.3 Å². The Morgan fingerprint density at radius 1 is 1.36 bits per heavy atom. The zero-order chi connectivity index (χ0) is 15.5. The van der Waals surface area contributed by atoms with Crippen molar-refractivity contribution in [3.63, 3.8) is 0 Å². The number of hydrogen-bond donors (Lipinski definition) is 1. The van der Waals surface area contributed by atoms with Gasteiger partial charge in [0.1, 0.15) is 13.3 Å². The molecule has 2 aliphatic heterocycles. The Morgan fingerprint density at radius 3 is 2.82 bits per heavy atom. The van der Waals surface area contributed by atoms with Gasteiger partial charge in [-0.05, 0) is 30.4 Å². The van der Waals surface area contributed by atoms with E-state index in [-0.39, 0.29) is 30.5 Å². The van der Waals surface area contributed by atoms with Gasteiger partial charge in [-0.3, -0.25) is 4.79 Å². The fraction of sp³-hybridized carbons (Fsp3) is 0.500. The van der Waals surface area contributed by atoms with E-state index in [0.717, 1.165) is 30.4 Å². The summed E-state index contributed by atoms with van der Waals surface area (Å²) in [5.74, 6) is -0.349. The lowest BCUT2D eigenvalue weighted by Crippen LogP contribution is -2.48. The van der Waals surface area contributed by atoms with E-state index < -0.39 is 6.67 Å². The molecule has 0 aliphatic carbocycles. The number of rotatable bonds is 5. The number of halogens is 1. The number of esters is 1. The molecule has 1 aromatic rings. The number of fused-ring (bicyclic) bond motifs is 2. The Bertz CT molecular complexity index is 543. The van der Waals surface area contributed by atoms with Crippen LogP contribution in [0.5, 0.6) is 0 Å². The summed E-state index contributed by atoms with van der Waals surface area (Å²) in [6.07, 6.45) is 4.82. The molecule has 0 amide bonds. The fourth-order valence-electron chi connectivity index (χ4n) is 3.84. The van der Waals surface area contributed by atoms with E-state index >= 15 is 0 Å². The molecule has 2 fully saturated rings. The van der Waals surface area contributed by atoms with Gasteiger partial charge in [0, 0.05) is 18.0 Å². The van der Waals surface area contributed by atoms with Crippen LogP contribution in [0.3, 0.4) is 0 Å². The van der Waals surface area contributed by atoms with E-state index in [4.69, 9.17) is 4.74 Å². The van der Waals surface area contributed by atoms with Crippen molar-refractivity contribution in [1.29, 1.82) is 0 Å². The van der Waals surface area contributed by atoms with E-state index in [2.05, 4.69) is 24.0 Å². The first-order valence-electron chi connectivity index (χ1n) is 7.94. The molecule has 4 heteroatoms. The average Bonchev–Trinajstić information content (AvgIpc) is 2.93. The van der Waals surface area contributed by atoms with Crippen molar-refractivity contribution in [1.82, 2.24) is 5.32 Å². The van der Waals surface area contributed by atoms with E-state index in [9.17, 15) is 9.18 Å². The Kier molecular flexibility index (Phi) is 4.57. The molecular formula is C18H22FNO2. The van der Waals surface area contributed by atoms with Gasteiger partial charge in [0.2, 0.25) is 0 Å². The van der Waals surface area contributed by atoms with E-state index in [1.54, 1.807) is 0 Å². The number of ether oxygens (including phenoxy) is 1. The van der Waals surface area contributed by atoms with Crippen LogP contribution in [-0.2, 0) is 9.53 Å². The number of carbonyl (C=O) groups is 1. The second-order valence-electron chi connectivity index (χ2n) is 6.14. The summed E-state index contributed by atoms with van der Waals surface area (Å²) >= 11 is 0. The van der Waals surface area contributed by atoms with Crippen LogP contribution in [0.4, 0.5) is 4.39 Å².